The highest BCUT2D eigenvalue weighted by atomic mass is 31.2. The maximum Gasteiger partial charge on any atom is 0.306 e. The number of quaternary nitrogens is 1. The summed E-state index contributed by atoms with van der Waals surface area (Å²) in [6, 6.07) is 0. The van der Waals surface area contributed by atoms with E-state index in [2.05, 4.69) is 33.8 Å². The summed E-state index contributed by atoms with van der Waals surface area (Å²) in [4.78, 5) is 38.6. The molecule has 0 aromatic heterocycles. The first kappa shape index (κ1) is 57.9. The first-order chi connectivity index (χ1) is 31.0. The van der Waals surface area contributed by atoms with Gasteiger partial charge >= 0.3 is 11.9 Å². The van der Waals surface area contributed by atoms with Crippen LogP contribution in [0.2, 0.25) is 0 Å². The maximum atomic E-state index is 13.0. The Hall–Kier alpha value is -1.37. The summed E-state index contributed by atoms with van der Waals surface area (Å²) in [5, 5.41) is 0. The number of rotatable bonds is 40. The highest BCUT2D eigenvalue weighted by molar-refractivity contribution is 7.51. The number of allylic oxidation sites excluding steroid dienone is 1. The Balaban J connectivity index is 1.28. The average molecular weight is 942 g/mol. The van der Waals surface area contributed by atoms with Gasteiger partial charge in [0.1, 0.15) is 37.1 Å². The van der Waals surface area contributed by atoms with E-state index in [0.717, 1.165) is 64.2 Å². The summed E-state index contributed by atoms with van der Waals surface area (Å²) in [6.07, 6.45) is 28.8. The van der Waals surface area contributed by atoms with Crippen LogP contribution in [0.15, 0.2) is 11.6 Å². The van der Waals surface area contributed by atoms with Crippen molar-refractivity contribution < 1.29 is 56.5 Å². The minimum Gasteiger partial charge on any atom is -0.778 e. The summed E-state index contributed by atoms with van der Waals surface area (Å²) in [5.74, 6) is -0.555. The van der Waals surface area contributed by atoms with Gasteiger partial charge in [0.25, 0.3) is 0 Å². The van der Waals surface area contributed by atoms with E-state index in [4.69, 9.17) is 32.9 Å². The molecule has 2 aliphatic heterocycles. The molecule has 0 N–H and O–H groups in total. The lowest BCUT2D eigenvalue weighted by Crippen LogP contribution is -2.55. The molecule has 0 radical (unpaired) electrons. The molecule has 2 heterocycles. The molecule has 65 heavy (non-hydrogen) atoms. The summed E-state index contributed by atoms with van der Waals surface area (Å²) in [6.45, 7) is 10.4. The van der Waals surface area contributed by atoms with Crippen molar-refractivity contribution in [3.8, 4) is 0 Å². The molecule has 0 bridgehead atoms. The summed E-state index contributed by atoms with van der Waals surface area (Å²) in [5.41, 5.74) is 0.652. The molecule has 1 saturated carbocycles. The third-order valence-corrected chi connectivity index (χ3v) is 15.2. The molecule has 8 atom stereocenters. The third-order valence-electron chi connectivity index (χ3n) is 13.7. The number of methoxy groups -OCH3 is 1. The number of hydrogen-bond acceptors (Lipinski definition) is 11. The minimum atomic E-state index is -4.08. The van der Waals surface area contributed by atoms with Gasteiger partial charge in [0.05, 0.1) is 59.5 Å². The fourth-order valence-corrected chi connectivity index (χ4v) is 10.7. The van der Waals surface area contributed by atoms with Gasteiger partial charge in [-0.3, -0.25) is 9.59 Å². The standard InChI is InChI=1S/C52H96NO11P/c1-9-10-11-12-13-14-15-16-17-18-19-20-23-26-29-38-59-40-44(41-61-65(56,57)39-30-37-53(5,6)7)62-47(54)31-27-24-21-22-25-28-32-48(55)63-45-35-36-52(42-60-52)50(49(45)58-8)51(4)46(64-51)34-33-43(2)3/h33,44-46,49-50H,9-32,34-42H2,1-8H3/t44-,45+,46?,49+,50+,51-,52-/m0/s1. The molecule has 1 spiro atoms. The molecule has 0 amide bonds. The van der Waals surface area contributed by atoms with Crippen LogP contribution < -0.4 is 4.89 Å². The van der Waals surface area contributed by atoms with Gasteiger partial charge < -0.3 is 46.9 Å². The van der Waals surface area contributed by atoms with Crippen LogP contribution in [0, 0.1) is 5.92 Å². The number of carbonyl (C=O) groups excluding carboxylic acids is 2. The third kappa shape index (κ3) is 24.2. The van der Waals surface area contributed by atoms with Gasteiger partial charge in [0.2, 0.25) is 0 Å². The zero-order valence-corrected chi connectivity index (χ0v) is 43.6. The molecule has 2 unspecified atom stereocenters. The largest absolute Gasteiger partial charge is 0.778 e. The Kier molecular flexibility index (Phi) is 27.6. The number of carbonyl (C=O) groups is 2. The van der Waals surface area contributed by atoms with Crippen LogP contribution in [0.3, 0.4) is 0 Å². The van der Waals surface area contributed by atoms with E-state index >= 15 is 0 Å². The average Bonchev–Trinajstić information content (AvgIpc) is 4.17. The minimum absolute atomic E-state index is 0.00443. The maximum absolute atomic E-state index is 13.0. The van der Waals surface area contributed by atoms with Crippen LogP contribution in [0.25, 0.3) is 0 Å². The van der Waals surface area contributed by atoms with E-state index < -0.39 is 13.7 Å². The second-order valence-corrected chi connectivity index (χ2v) is 23.1. The first-order valence-electron chi connectivity index (χ1n) is 26.2. The monoisotopic (exact) mass is 942 g/mol. The highest BCUT2D eigenvalue weighted by Crippen LogP contribution is 2.59. The van der Waals surface area contributed by atoms with Gasteiger partial charge in [-0.2, -0.15) is 0 Å². The van der Waals surface area contributed by atoms with Crippen molar-refractivity contribution in [1.82, 2.24) is 0 Å². The molecule has 380 valence electrons. The van der Waals surface area contributed by atoms with Gasteiger partial charge in [0.15, 0.2) is 0 Å². The van der Waals surface area contributed by atoms with Gasteiger partial charge in [-0.05, 0) is 59.3 Å². The predicted octanol–water partition coefficient (Wildman–Crippen LogP) is 11.2. The lowest BCUT2D eigenvalue weighted by Gasteiger charge is -2.42. The van der Waals surface area contributed by atoms with Gasteiger partial charge in [0, 0.05) is 39.1 Å². The second-order valence-electron chi connectivity index (χ2n) is 21.2. The smallest absolute Gasteiger partial charge is 0.306 e. The van der Waals surface area contributed by atoms with E-state index in [9.17, 15) is 19.0 Å². The van der Waals surface area contributed by atoms with E-state index in [1.807, 2.05) is 21.1 Å². The van der Waals surface area contributed by atoms with Crippen LogP contribution in [-0.4, -0.2) is 119 Å². The van der Waals surface area contributed by atoms with Crippen molar-refractivity contribution in [2.24, 2.45) is 5.92 Å². The molecular formula is C52H96NO11P. The van der Waals surface area contributed by atoms with E-state index in [1.165, 1.54) is 89.0 Å². The molecular weight excluding hydrogens is 846 g/mol. The molecule has 12 nitrogen and oxygen atoms in total. The Bertz CT molecular complexity index is 1390. The normalized spacial score (nSPS) is 25.2. The van der Waals surface area contributed by atoms with Gasteiger partial charge in [-0.25, -0.2) is 0 Å². The number of epoxide rings is 2. The van der Waals surface area contributed by atoms with E-state index in [1.54, 1.807) is 7.11 Å². The Morgan fingerprint density at radius 1 is 0.800 bits per heavy atom. The van der Waals surface area contributed by atoms with Crippen molar-refractivity contribution >= 4 is 19.5 Å². The number of ether oxygens (including phenoxy) is 6. The van der Waals surface area contributed by atoms with Gasteiger partial charge in [-0.1, -0.05) is 134 Å². The molecule has 13 heteroatoms. The predicted molar refractivity (Wildman–Crippen MR) is 258 cm³/mol. The second kappa shape index (κ2) is 31.0. The van der Waals surface area contributed by atoms with Crippen molar-refractivity contribution in [1.29, 1.82) is 0 Å². The van der Waals surface area contributed by atoms with Crippen molar-refractivity contribution in [2.45, 2.75) is 237 Å². The van der Waals surface area contributed by atoms with Gasteiger partial charge in [-0.15, -0.1) is 0 Å². The fourth-order valence-electron chi connectivity index (χ4n) is 9.69. The van der Waals surface area contributed by atoms with Crippen LogP contribution >= 0.6 is 7.60 Å². The molecule has 0 aromatic carbocycles. The number of nitrogens with zero attached hydrogens (tertiary/aromatic N) is 1. The van der Waals surface area contributed by atoms with Crippen LogP contribution in [0.4, 0.5) is 0 Å². The Morgan fingerprint density at radius 2 is 1.34 bits per heavy atom. The lowest BCUT2D eigenvalue weighted by molar-refractivity contribution is -0.870. The van der Waals surface area contributed by atoms with Crippen molar-refractivity contribution in [2.75, 3.05) is 67.4 Å². The van der Waals surface area contributed by atoms with Crippen molar-refractivity contribution in [3.63, 3.8) is 0 Å². The fraction of sp³-hybridized carbons (Fsp3) is 0.923. The Morgan fingerprint density at radius 3 is 1.86 bits per heavy atom. The number of esters is 2. The molecule has 1 aliphatic carbocycles. The molecule has 3 fully saturated rings. The zero-order valence-electron chi connectivity index (χ0n) is 42.7. The number of hydrogen-bond donors (Lipinski definition) is 0. The van der Waals surface area contributed by atoms with Crippen LogP contribution in [0.5, 0.6) is 0 Å². The van der Waals surface area contributed by atoms with Crippen LogP contribution in [-0.2, 0) is 47.1 Å². The van der Waals surface area contributed by atoms with E-state index in [-0.39, 0.29) is 73.2 Å². The first-order valence-corrected chi connectivity index (χ1v) is 28.0. The molecule has 0 aromatic rings. The summed E-state index contributed by atoms with van der Waals surface area (Å²) >= 11 is 0. The summed E-state index contributed by atoms with van der Waals surface area (Å²) < 4.78 is 54.8. The quantitative estimate of drug-likeness (QED) is 0.0144. The number of unbranched alkanes of at least 4 members (excludes halogenated alkanes) is 19. The zero-order chi connectivity index (χ0) is 47.6. The summed E-state index contributed by atoms with van der Waals surface area (Å²) in [7, 11) is 3.69. The lowest BCUT2D eigenvalue weighted by atomic mass is 9.68. The van der Waals surface area contributed by atoms with E-state index in [0.29, 0.717) is 43.5 Å². The topological polar surface area (TPSA) is 145 Å². The Labute approximate surface area is 396 Å². The van der Waals surface area contributed by atoms with Crippen molar-refractivity contribution in [3.05, 3.63) is 11.6 Å². The van der Waals surface area contributed by atoms with Crippen LogP contribution in [0.1, 0.15) is 201 Å². The SMILES string of the molecule is CCCCCCCCCCCCCCCCCOC[C@@H](COP(=O)([O-])CCC[N+](C)(C)C)OC(=O)CCCCCCCCC(=O)O[C@@H]1CC[C@]2(CO2)[C@@H]([C@@]2(C)OC2CC=C(C)C)[C@@H]1OC. The molecule has 3 rings (SSSR count). The molecule has 2 saturated heterocycles. The highest BCUT2D eigenvalue weighted by Gasteiger charge is 2.72. The molecule has 3 aliphatic rings.